The van der Waals surface area contributed by atoms with Gasteiger partial charge in [-0.25, -0.2) is 0 Å². The van der Waals surface area contributed by atoms with Crippen molar-refractivity contribution in [2.24, 2.45) is 46.3 Å². The highest BCUT2D eigenvalue weighted by Crippen LogP contribution is 2.68. The minimum Gasteiger partial charge on any atom is -0.481 e. The highest BCUT2D eigenvalue weighted by molar-refractivity contribution is 5.85. The molecule has 4 aliphatic carbocycles. The number of amides is 1. The minimum atomic E-state index is -0.780. The Kier molecular flexibility index (Phi) is 16.5. The molecule has 0 spiro atoms. The van der Waals surface area contributed by atoms with E-state index in [1.807, 2.05) is 6.92 Å². The van der Waals surface area contributed by atoms with Crippen LogP contribution in [0.4, 0.5) is 0 Å². The van der Waals surface area contributed by atoms with Crippen LogP contribution in [-0.2, 0) is 38.1 Å². The largest absolute Gasteiger partial charge is 0.481 e. The van der Waals surface area contributed by atoms with Crippen molar-refractivity contribution in [1.82, 2.24) is 5.32 Å². The number of hydrogen-bond acceptors (Lipinski definition) is 10. The number of carboxylic acids is 1. The normalized spacial score (nSPS) is 34.5. The Labute approximate surface area is 310 Å². The zero-order chi connectivity index (χ0) is 37.9. The van der Waals surface area contributed by atoms with E-state index in [0.717, 1.165) is 32.1 Å². The maximum Gasteiger partial charge on any atom is 0.303 e. The molecule has 0 aromatic rings. The molecule has 0 bridgehead atoms. The molecule has 0 saturated heterocycles. The summed E-state index contributed by atoms with van der Waals surface area (Å²) in [5, 5.41) is 35.5. The van der Waals surface area contributed by atoms with Gasteiger partial charge in [-0.1, -0.05) is 20.8 Å². The third kappa shape index (κ3) is 10.8. The van der Waals surface area contributed by atoms with Crippen LogP contribution in [0, 0.1) is 46.3 Å². The van der Waals surface area contributed by atoms with Gasteiger partial charge in [0, 0.05) is 45.4 Å². The number of nitrogens with one attached hydrogen (secondary N) is 1. The summed E-state index contributed by atoms with van der Waals surface area (Å²) in [5.41, 5.74) is -0.349. The molecule has 52 heavy (non-hydrogen) atoms. The third-order valence-electron chi connectivity index (χ3n) is 13.6. The number of carboxylic acid groups (broad SMARTS) is 1. The molecule has 4 saturated carbocycles. The van der Waals surface area contributed by atoms with Crippen molar-refractivity contribution >= 4 is 23.4 Å². The molecule has 298 valence electrons. The van der Waals surface area contributed by atoms with Crippen LogP contribution in [0.3, 0.4) is 0 Å². The highest BCUT2D eigenvalue weighted by Gasteiger charge is 2.65. The van der Waals surface area contributed by atoms with Gasteiger partial charge in [-0.3, -0.25) is 19.2 Å². The first-order valence-electron chi connectivity index (χ1n) is 20.0. The quantitative estimate of drug-likeness (QED) is 0.110. The Morgan fingerprint density at radius 2 is 1.58 bits per heavy atom. The number of Topliss-reactive ketones (excluding diaryl/α,β-unsaturated/α-hetero) is 2. The van der Waals surface area contributed by atoms with E-state index in [1.54, 1.807) is 0 Å². The second-order valence-corrected chi connectivity index (χ2v) is 16.6. The van der Waals surface area contributed by atoms with Crippen LogP contribution >= 0.6 is 0 Å². The average molecular weight is 738 g/mol. The molecule has 4 rings (SSSR count). The number of aliphatic hydroxyl groups is 2. The first kappa shape index (κ1) is 42.8. The van der Waals surface area contributed by atoms with Crippen LogP contribution in [0.2, 0.25) is 0 Å². The summed E-state index contributed by atoms with van der Waals surface area (Å²) in [6.07, 6.45) is 6.83. The van der Waals surface area contributed by atoms with Gasteiger partial charge in [0.05, 0.1) is 38.1 Å². The van der Waals surface area contributed by atoms with Crippen molar-refractivity contribution in [3.8, 4) is 0 Å². The van der Waals surface area contributed by atoms with E-state index in [-0.39, 0.29) is 102 Å². The van der Waals surface area contributed by atoms with Crippen LogP contribution in [0.25, 0.3) is 0 Å². The topological polar surface area (TPSA) is 178 Å². The lowest BCUT2D eigenvalue weighted by atomic mass is 9.43. The van der Waals surface area contributed by atoms with Gasteiger partial charge in [0.1, 0.15) is 13.2 Å². The van der Waals surface area contributed by atoms with Crippen LogP contribution < -0.4 is 5.32 Å². The molecule has 11 atom stereocenters. The van der Waals surface area contributed by atoms with Crippen molar-refractivity contribution < 1.29 is 53.4 Å². The number of ketones is 2. The summed E-state index contributed by atoms with van der Waals surface area (Å²) in [6.45, 7) is 11.1. The van der Waals surface area contributed by atoms with E-state index in [1.165, 1.54) is 0 Å². The molecule has 1 amide bonds. The number of carbonyl (C=O) groups excluding carboxylic acids is 3. The molecule has 0 aliphatic heterocycles. The molecular formula is C40H67NO11. The molecule has 4 aliphatic rings. The summed E-state index contributed by atoms with van der Waals surface area (Å²) >= 11 is 0. The highest BCUT2D eigenvalue weighted by atomic mass is 16.5. The predicted octanol–water partition coefficient (Wildman–Crippen LogP) is 4.36. The lowest BCUT2D eigenvalue weighted by molar-refractivity contribution is -0.209. The number of ether oxygens (including phenoxy) is 4. The van der Waals surface area contributed by atoms with Crippen LogP contribution in [0.1, 0.15) is 111 Å². The Morgan fingerprint density at radius 1 is 0.827 bits per heavy atom. The molecule has 0 aromatic carbocycles. The molecule has 4 fully saturated rings. The van der Waals surface area contributed by atoms with E-state index in [0.29, 0.717) is 71.7 Å². The van der Waals surface area contributed by atoms with E-state index in [4.69, 9.17) is 18.9 Å². The Bertz CT molecular complexity index is 1180. The van der Waals surface area contributed by atoms with Gasteiger partial charge in [-0.05, 0) is 111 Å². The Hall–Kier alpha value is -1.96. The van der Waals surface area contributed by atoms with E-state index in [9.17, 15) is 34.5 Å². The van der Waals surface area contributed by atoms with Crippen LogP contribution in [0.5, 0.6) is 0 Å². The van der Waals surface area contributed by atoms with Crippen molar-refractivity contribution in [3.05, 3.63) is 0 Å². The lowest BCUT2D eigenvalue weighted by Gasteiger charge is -2.63. The van der Waals surface area contributed by atoms with Crippen LogP contribution in [-0.4, -0.2) is 110 Å². The predicted molar refractivity (Wildman–Crippen MR) is 193 cm³/mol. The number of aliphatic hydroxyl groups excluding tert-OH is 2. The second kappa shape index (κ2) is 20.1. The van der Waals surface area contributed by atoms with Gasteiger partial charge >= 0.3 is 5.97 Å². The van der Waals surface area contributed by atoms with Crippen molar-refractivity contribution in [2.45, 2.75) is 129 Å². The van der Waals surface area contributed by atoms with Gasteiger partial charge in [-0.15, -0.1) is 0 Å². The summed E-state index contributed by atoms with van der Waals surface area (Å²) in [5.74, 6) is 0.145. The zero-order valence-corrected chi connectivity index (χ0v) is 32.2. The fourth-order valence-corrected chi connectivity index (χ4v) is 10.7. The zero-order valence-electron chi connectivity index (χ0n) is 32.2. The first-order chi connectivity index (χ1) is 24.8. The molecular weight excluding hydrogens is 670 g/mol. The second-order valence-electron chi connectivity index (χ2n) is 16.6. The third-order valence-corrected chi connectivity index (χ3v) is 13.6. The molecule has 0 aromatic heterocycles. The minimum absolute atomic E-state index is 0.0271. The summed E-state index contributed by atoms with van der Waals surface area (Å²) < 4.78 is 22.1. The van der Waals surface area contributed by atoms with E-state index in [2.05, 4.69) is 26.1 Å². The van der Waals surface area contributed by atoms with Crippen LogP contribution in [0.15, 0.2) is 0 Å². The number of rotatable bonds is 23. The smallest absolute Gasteiger partial charge is 0.303 e. The molecule has 0 heterocycles. The number of fused-ring (bicyclic) bond motifs is 5. The van der Waals surface area contributed by atoms with Gasteiger partial charge in [0.25, 0.3) is 0 Å². The van der Waals surface area contributed by atoms with Gasteiger partial charge in [0.15, 0.2) is 11.6 Å². The first-order valence-corrected chi connectivity index (χ1v) is 20.0. The van der Waals surface area contributed by atoms with Crippen molar-refractivity contribution in [1.29, 1.82) is 0 Å². The van der Waals surface area contributed by atoms with Gasteiger partial charge in [-0.2, -0.15) is 0 Å². The summed E-state index contributed by atoms with van der Waals surface area (Å²) in [4.78, 5) is 47.9. The molecule has 12 heteroatoms. The van der Waals surface area contributed by atoms with E-state index >= 15 is 0 Å². The summed E-state index contributed by atoms with van der Waals surface area (Å²) in [6, 6.07) is 0. The fourth-order valence-electron chi connectivity index (χ4n) is 10.7. The summed E-state index contributed by atoms with van der Waals surface area (Å²) in [7, 11) is 0. The molecule has 4 N–H and O–H groups in total. The van der Waals surface area contributed by atoms with Gasteiger partial charge < -0.3 is 39.6 Å². The van der Waals surface area contributed by atoms with E-state index < -0.39 is 18.2 Å². The molecule has 0 radical (unpaired) electrons. The number of carbonyl (C=O) groups is 4. The average Bonchev–Trinajstić information content (AvgIpc) is 3.47. The standard InChI is InChI=1S/C40H67NO11/c1-5-49-17-6-7-28(42)24-51-20-19-50-18-16-41-36(46)12-9-29(43)25-52-30-14-15-39(3)27(21-30)22-34(44)38-32-11-10-31(26(2)8-13-37(47)48)40(32,4)35(45)23-33(38)39/h26-27,30-35,38,44-45H,5-25H2,1-4H3,(H,41,46)(H,47,48)/t26-,27+,30?,31-,32?,33?,34-,35+,38+,39+,40-/m1/s1. The van der Waals surface area contributed by atoms with Crippen molar-refractivity contribution in [2.75, 3.05) is 52.8 Å². The van der Waals surface area contributed by atoms with Gasteiger partial charge in [0.2, 0.25) is 5.91 Å². The molecule has 12 nitrogen and oxygen atoms in total. The SMILES string of the molecule is CCOCCCC(=O)COCCOCCNC(=O)CCC(=O)COC1CC[C@]2(C)C3C[C@H](O)[C@@]4(C)C(CC[C@@H]4[C@H](C)CCC(=O)O)[C@@H]3[C@H](O)C[C@@H]2C1. The number of aliphatic carboxylic acids is 1. The molecule has 3 unspecified atom stereocenters. The number of hydrogen-bond donors (Lipinski definition) is 4. The maximum absolute atomic E-state index is 12.6. The van der Waals surface area contributed by atoms with Crippen molar-refractivity contribution in [3.63, 3.8) is 0 Å². The monoisotopic (exact) mass is 737 g/mol. The Balaban J connectivity index is 1.12. The lowest BCUT2D eigenvalue weighted by Crippen LogP contribution is -2.62. The Morgan fingerprint density at radius 3 is 2.33 bits per heavy atom. The fraction of sp³-hybridized carbons (Fsp3) is 0.900. The maximum atomic E-state index is 12.6.